The number of rotatable bonds is 2. The van der Waals surface area contributed by atoms with Gasteiger partial charge in [-0.05, 0) is 12.5 Å². The average molecular weight is 150 g/mol. The van der Waals surface area contributed by atoms with Crippen LogP contribution in [0.1, 0.15) is 18.6 Å². The summed E-state index contributed by atoms with van der Waals surface area (Å²) in [4.78, 5) is 0. The lowest BCUT2D eigenvalue weighted by atomic mass is 10.0. The van der Waals surface area contributed by atoms with E-state index in [1.165, 1.54) is 0 Å². The molecule has 0 spiro atoms. The fraction of sp³-hybridized carbons (Fsp3) is 0.333. The van der Waals surface area contributed by atoms with E-state index in [4.69, 9.17) is 5.73 Å². The quantitative estimate of drug-likeness (QED) is 0.682. The molecule has 0 saturated heterocycles. The second-order valence-corrected chi connectivity index (χ2v) is 2.69. The first kappa shape index (κ1) is 8.24. The molecule has 0 aliphatic carbocycles. The molecule has 0 heterocycles. The van der Waals surface area contributed by atoms with Crippen LogP contribution < -0.4 is 5.73 Å². The van der Waals surface area contributed by atoms with Crippen molar-refractivity contribution in [3.8, 4) is 0 Å². The third-order valence-electron chi connectivity index (χ3n) is 1.61. The molecule has 59 valence electrons. The summed E-state index contributed by atoms with van der Waals surface area (Å²) in [5.41, 5.74) is 6.22. The summed E-state index contributed by atoms with van der Waals surface area (Å²) in [7, 11) is 0. The highest BCUT2D eigenvalue weighted by Crippen LogP contribution is 2.14. The molecule has 2 nitrogen and oxygen atoms in total. The molecular weight excluding hydrogens is 138 g/mol. The molecule has 0 aliphatic heterocycles. The van der Waals surface area contributed by atoms with Gasteiger partial charge in [0.2, 0.25) is 0 Å². The first-order chi connectivity index (χ1) is 5.22. The Bertz CT molecular complexity index is 208. The average Bonchev–Trinajstić information content (AvgIpc) is 2.05. The van der Waals surface area contributed by atoms with E-state index in [9.17, 15) is 5.11 Å². The fourth-order valence-electron chi connectivity index (χ4n) is 0.946. The summed E-state index contributed by atoms with van der Waals surface area (Å²) in [6.07, 6.45) is -0.795. The van der Waals surface area contributed by atoms with Gasteiger partial charge < -0.3 is 5.73 Å². The van der Waals surface area contributed by atoms with Crippen molar-refractivity contribution < 1.29 is 5.11 Å². The van der Waals surface area contributed by atoms with E-state index in [0.29, 0.717) is 0 Å². The zero-order chi connectivity index (χ0) is 8.27. The Hall–Kier alpha value is -0.860. The van der Waals surface area contributed by atoms with Gasteiger partial charge in [0.15, 0.2) is 0 Å². The Kier molecular flexibility index (Phi) is 2.63. The molecule has 1 radical (unpaired) electrons. The van der Waals surface area contributed by atoms with Crippen molar-refractivity contribution in [2.45, 2.75) is 19.1 Å². The molecule has 0 aliphatic rings. The van der Waals surface area contributed by atoms with Gasteiger partial charge in [0.25, 0.3) is 0 Å². The van der Waals surface area contributed by atoms with E-state index in [0.717, 1.165) is 5.56 Å². The van der Waals surface area contributed by atoms with Gasteiger partial charge in [0.05, 0.1) is 0 Å². The summed E-state index contributed by atoms with van der Waals surface area (Å²) in [5.74, 6) is 0. The van der Waals surface area contributed by atoms with E-state index in [2.05, 4.69) is 0 Å². The van der Waals surface area contributed by atoms with Crippen LogP contribution in [-0.4, -0.2) is 6.04 Å². The lowest BCUT2D eigenvalue weighted by Crippen LogP contribution is -2.23. The maximum atomic E-state index is 11.3. The highest BCUT2D eigenvalue weighted by Gasteiger charge is 2.12. The fourth-order valence-corrected chi connectivity index (χ4v) is 0.946. The van der Waals surface area contributed by atoms with Crippen molar-refractivity contribution in [1.29, 1.82) is 0 Å². The maximum Gasteiger partial charge on any atom is 0.133 e. The van der Waals surface area contributed by atoms with Crippen LogP contribution in [-0.2, 0) is 5.11 Å². The summed E-state index contributed by atoms with van der Waals surface area (Å²) >= 11 is 0. The molecule has 0 bridgehead atoms. The Morgan fingerprint density at radius 3 is 2.27 bits per heavy atom. The Labute approximate surface area is 66.7 Å². The van der Waals surface area contributed by atoms with E-state index >= 15 is 0 Å². The first-order valence-corrected chi connectivity index (χ1v) is 3.68. The standard InChI is InChI=1S/C9H12NO/c1-7(10)9(11)8-5-3-2-4-6-8/h2-7,9H,10H2,1H3. The number of benzene rings is 1. The zero-order valence-electron chi connectivity index (χ0n) is 6.53. The normalized spacial score (nSPS) is 15.9. The van der Waals surface area contributed by atoms with Gasteiger partial charge in [-0.1, -0.05) is 30.3 Å². The summed E-state index contributed by atoms with van der Waals surface area (Å²) in [6, 6.07) is 8.88. The molecule has 11 heavy (non-hydrogen) atoms. The SMILES string of the molecule is CC(N)C([O])c1ccccc1. The Balaban J connectivity index is 2.77. The lowest BCUT2D eigenvalue weighted by Gasteiger charge is -2.11. The molecule has 2 unspecified atom stereocenters. The largest absolute Gasteiger partial charge is 0.325 e. The molecule has 1 aromatic carbocycles. The predicted octanol–water partition coefficient (Wildman–Crippen LogP) is 1.51. The van der Waals surface area contributed by atoms with Crippen LogP contribution in [0, 0.1) is 0 Å². The molecular formula is C9H12NO. The van der Waals surface area contributed by atoms with Gasteiger partial charge in [-0.3, -0.25) is 0 Å². The third kappa shape index (κ3) is 2.03. The minimum Gasteiger partial charge on any atom is -0.325 e. The van der Waals surface area contributed by atoms with Crippen molar-refractivity contribution in [3.63, 3.8) is 0 Å². The van der Waals surface area contributed by atoms with Gasteiger partial charge in [-0.15, -0.1) is 0 Å². The van der Waals surface area contributed by atoms with Crippen LogP contribution in [0.5, 0.6) is 0 Å². The van der Waals surface area contributed by atoms with Crippen LogP contribution in [0.15, 0.2) is 30.3 Å². The van der Waals surface area contributed by atoms with Crippen molar-refractivity contribution in [2.75, 3.05) is 0 Å². The maximum absolute atomic E-state index is 11.3. The highest BCUT2D eigenvalue weighted by atomic mass is 16.3. The lowest BCUT2D eigenvalue weighted by molar-refractivity contribution is 0.0704. The summed E-state index contributed by atoms with van der Waals surface area (Å²) < 4.78 is 0. The zero-order valence-corrected chi connectivity index (χ0v) is 6.53. The van der Waals surface area contributed by atoms with Gasteiger partial charge in [0, 0.05) is 6.04 Å². The molecule has 2 atom stereocenters. The molecule has 2 heteroatoms. The second kappa shape index (κ2) is 3.51. The van der Waals surface area contributed by atoms with Crippen LogP contribution in [0.25, 0.3) is 0 Å². The summed E-state index contributed by atoms with van der Waals surface area (Å²) in [6.45, 7) is 1.73. The molecule has 1 aromatic rings. The van der Waals surface area contributed by atoms with Gasteiger partial charge in [0.1, 0.15) is 6.10 Å². The second-order valence-electron chi connectivity index (χ2n) is 2.69. The number of hydrogen-bond donors (Lipinski definition) is 1. The molecule has 2 N–H and O–H groups in total. The molecule has 0 aromatic heterocycles. The molecule has 0 fully saturated rings. The van der Waals surface area contributed by atoms with Gasteiger partial charge >= 0.3 is 0 Å². The number of hydrogen-bond acceptors (Lipinski definition) is 1. The highest BCUT2D eigenvalue weighted by molar-refractivity contribution is 5.18. The van der Waals surface area contributed by atoms with E-state index in [1.807, 2.05) is 18.2 Å². The molecule has 1 rings (SSSR count). The smallest absolute Gasteiger partial charge is 0.133 e. The number of nitrogens with two attached hydrogens (primary N) is 1. The van der Waals surface area contributed by atoms with Gasteiger partial charge in [-0.25, -0.2) is 5.11 Å². The minimum absolute atomic E-state index is 0.322. The van der Waals surface area contributed by atoms with E-state index < -0.39 is 6.10 Å². The van der Waals surface area contributed by atoms with Crippen LogP contribution in [0.3, 0.4) is 0 Å². The van der Waals surface area contributed by atoms with Crippen molar-refractivity contribution in [2.24, 2.45) is 5.73 Å². The third-order valence-corrected chi connectivity index (χ3v) is 1.61. The van der Waals surface area contributed by atoms with Crippen LogP contribution in [0.2, 0.25) is 0 Å². The van der Waals surface area contributed by atoms with Gasteiger partial charge in [-0.2, -0.15) is 0 Å². The predicted molar refractivity (Wildman–Crippen MR) is 43.5 cm³/mol. The molecule has 0 amide bonds. The van der Waals surface area contributed by atoms with Crippen LogP contribution in [0.4, 0.5) is 0 Å². The van der Waals surface area contributed by atoms with E-state index in [-0.39, 0.29) is 6.04 Å². The Morgan fingerprint density at radius 1 is 1.27 bits per heavy atom. The first-order valence-electron chi connectivity index (χ1n) is 3.68. The topological polar surface area (TPSA) is 45.9 Å². The Morgan fingerprint density at radius 2 is 1.82 bits per heavy atom. The van der Waals surface area contributed by atoms with Crippen molar-refractivity contribution in [1.82, 2.24) is 0 Å². The van der Waals surface area contributed by atoms with Crippen molar-refractivity contribution >= 4 is 0 Å². The van der Waals surface area contributed by atoms with E-state index in [1.54, 1.807) is 19.1 Å². The van der Waals surface area contributed by atoms with Crippen molar-refractivity contribution in [3.05, 3.63) is 35.9 Å². The van der Waals surface area contributed by atoms with Crippen LogP contribution >= 0.6 is 0 Å². The summed E-state index contributed by atoms with van der Waals surface area (Å²) in [5, 5.41) is 11.3. The minimum atomic E-state index is -0.795. The molecule has 0 saturated carbocycles. The monoisotopic (exact) mass is 150 g/mol.